The number of nitrogens with zero attached hydrogens (tertiary/aromatic N) is 3. The van der Waals surface area contributed by atoms with E-state index in [2.05, 4.69) is 168 Å². The van der Waals surface area contributed by atoms with E-state index in [0.717, 1.165) is 23.5 Å². The molecule has 0 fully saturated rings. The van der Waals surface area contributed by atoms with Crippen LogP contribution in [0.3, 0.4) is 0 Å². The minimum absolute atomic E-state index is 0.00771. The quantitative estimate of drug-likeness (QED) is 0.158. The molecule has 0 saturated carbocycles. The van der Waals surface area contributed by atoms with Gasteiger partial charge in [-0.25, -0.2) is 0 Å². The number of benzene rings is 8. The van der Waals surface area contributed by atoms with Crippen LogP contribution in [0.2, 0.25) is 0 Å². The van der Waals surface area contributed by atoms with Gasteiger partial charge >= 0.3 is 0 Å². The average Bonchev–Trinajstić information content (AvgIpc) is 3.72. The van der Waals surface area contributed by atoms with Gasteiger partial charge < -0.3 is 4.90 Å². The van der Waals surface area contributed by atoms with Crippen LogP contribution in [0.4, 0.5) is 17.1 Å². The Labute approximate surface area is 353 Å². The number of hydrogen-bond acceptors (Lipinski definition) is 3. The molecule has 8 aromatic rings. The molecule has 1 atom stereocenters. The Morgan fingerprint density at radius 3 is 1.85 bits per heavy atom. The summed E-state index contributed by atoms with van der Waals surface area (Å²) in [5.74, 6) is -0.00771. The summed E-state index contributed by atoms with van der Waals surface area (Å²) in [4.78, 5) is 2.32. The van der Waals surface area contributed by atoms with Crippen molar-refractivity contribution in [2.24, 2.45) is 0 Å². The van der Waals surface area contributed by atoms with Crippen LogP contribution >= 0.6 is 0 Å². The fraction of sp³-hybridized carbons (Fsp3) is 0.158. The molecule has 0 spiro atoms. The molecule has 0 radical (unpaired) electrons. The SMILES string of the molecule is Cc1ccc(C(c2ccc(C#N)cc2)c2cc3c(c4ccccc24)-c2cc4c(cc2C3(C)C)-c2ccc(N(c3ccc(C#N)cc3)c3ccc(C)cc3C)cc2C4)c(C)c1. The van der Waals surface area contributed by atoms with Gasteiger partial charge in [0.25, 0.3) is 0 Å². The number of anilines is 3. The summed E-state index contributed by atoms with van der Waals surface area (Å²) in [7, 11) is 0. The van der Waals surface area contributed by atoms with Gasteiger partial charge in [-0.1, -0.05) is 104 Å². The number of aryl methyl sites for hydroxylation is 4. The molecule has 60 heavy (non-hydrogen) atoms. The molecule has 2 aliphatic carbocycles. The van der Waals surface area contributed by atoms with Crippen molar-refractivity contribution < 1.29 is 0 Å². The number of hydrogen-bond donors (Lipinski definition) is 0. The third kappa shape index (κ3) is 5.85. The number of fused-ring (bicyclic) bond motifs is 8. The van der Waals surface area contributed by atoms with Crippen molar-refractivity contribution in [3.63, 3.8) is 0 Å². The highest BCUT2D eigenvalue weighted by molar-refractivity contribution is 6.05. The lowest BCUT2D eigenvalue weighted by Gasteiger charge is -2.28. The van der Waals surface area contributed by atoms with E-state index in [-0.39, 0.29) is 11.3 Å². The van der Waals surface area contributed by atoms with Gasteiger partial charge in [0.15, 0.2) is 0 Å². The van der Waals surface area contributed by atoms with E-state index < -0.39 is 0 Å². The van der Waals surface area contributed by atoms with Crippen molar-refractivity contribution in [2.45, 2.75) is 59.3 Å². The Balaban J connectivity index is 1.11. The van der Waals surface area contributed by atoms with E-state index in [1.54, 1.807) is 0 Å². The average molecular weight is 772 g/mol. The van der Waals surface area contributed by atoms with Crippen molar-refractivity contribution in [3.05, 3.63) is 218 Å². The predicted octanol–water partition coefficient (Wildman–Crippen LogP) is 14.3. The zero-order chi connectivity index (χ0) is 41.4. The Bertz CT molecular complexity index is 3150. The summed E-state index contributed by atoms with van der Waals surface area (Å²) < 4.78 is 0. The first kappa shape index (κ1) is 37.1. The van der Waals surface area contributed by atoms with Crippen molar-refractivity contribution in [1.82, 2.24) is 0 Å². The molecule has 0 heterocycles. The summed E-state index contributed by atoms with van der Waals surface area (Å²) in [6.07, 6.45) is 0.860. The first-order valence-electron chi connectivity index (χ1n) is 20.9. The molecule has 0 aliphatic heterocycles. The second-order valence-corrected chi connectivity index (χ2v) is 17.4. The third-order valence-corrected chi connectivity index (χ3v) is 13.2. The van der Waals surface area contributed by atoms with Crippen molar-refractivity contribution >= 4 is 27.8 Å². The van der Waals surface area contributed by atoms with Gasteiger partial charge in [0.1, 0.15) is 0 Å². The number of rotatable bonds is 6. The zero-order valence-electron chi connectivity index (χ0n) is 35.0. The normalized spacial score (nSPS) is 13.5. The predicted molar refractivity (Wildman–Crippen MR) is 247 cm³/mol. The lowest BCUT2D eigenvalue weighted by atomic mass is 9.76. The van der Waals surface area contributed by atoms with E-state index in [1.165, 1.54) is 94.2 Å². The highest BCUT2D eigenvalue weighted by Crippen LogP contribution is 2.56. The maximum absolute atomic E-state index is 9.67. The third-order valence-electron chi connectivity index (χ3n) is 13.2. The Morgan fingerprint density at radius 1 is 0.533 bits per heavy atom. The molecule has 0 N–H and O–H groups in total. The summed E-state index contributed by atoms with van der Waals surface area (Å²) in [6.45, 7) is 13.5. The molecule has 3 nitrogen and oxygen atoms in total. The van der Waals surface area contributed by atoms with Crippen molar-refractivity contribution in [1.29, 1.82) is 10.5 Å². The van der Waals surface area contributed by atoms with Crippen molar-refractivity contribution in [3.8, 4) is 34.4 Å². The molecule has 0 amide bonds. The van der Waals surface area contributed by atoms with Gasteiger partial charge in [0.2, 0.25) is 0 Å². The molecular formula is C57H45N3. The topological polar surface area (TPSA) is 50.8 Å². The molecule has 2 aliphatic rings. The molecule has 0 aromatic heterocycles. The van der Waals surface area contributed by atoms with Crippen LogP contribution in [-0.2, 0) is 11.8 Å². The van der Waals surface area contributed by atoms with Crippen LogP contribution in [0.25, 0.3) is 33.0 Å². The highest BCUT2D eigenvalue weighted by Gasteiger charge is 2.40. The van der Waals surface area contributed by atoms with Crippen LogP contribution < -0.4 is 4.90 Å². The van der Waals surface area contributed by atoms with E-state index in [9.17, 15) is 10.5 Å². The van der Waals surface area contributed by atoms with Crippen LogP contribution in [0.1, 0.15) is 92.1 Å². The fourth-order valence-corrected chi connectivity index (χ4v) is 10.3. The van der Waals surface area contributed by atoms with Crippen LogP contribution in [0.15, 0.2) is 146 Å². The van der Waals surface area contributed by atoms with Gasteiger partial charge in [0, 0.05) is 28.4 Å². The molecule has 3 heteroatoms. The maximum atomic E-state index is 9.67. The molecule has 0 bridgehead atoms. The molecule has 8 aromatic carbocycles. The molecule has 288 valence electrons. The van der Waals surface area contributed by atoms with Gasteiger partial charge in [-0.3, -0.25) is 0 Å². The summed E-state index contributed by atoms with van der Waals surface area (Å²) in [6, 6.07) is 57.6. The summed E-state index contributed by atoms with van der Waals surface area (Å²) >= 11 is 0. The van der Waals surface area contributed by atoms with Crippen LogP contribution in [0.5, 0.6) is 0 Å². The van der Waals surface area contributed by atoms with Gasteiger partial charge in [-0.2, -0.15) is 10.5 Å². The summed E-state index contributed by atoms with van der Waals surface area (Å²) in [5.41, 5.74) is 23.8. The molecular weight excluding hydrogens is 727 g/mol. The monoisotopic (exact) mass is 771 g/mol. The minimum Gasteiger partial charge on any atom is -0.310 e. The van der Waals surface area contributed by atoms with E-state index in [0.29, 0.717) is 11.1 Å². The second-order valence-electron chi connectivity index (χ2n) is 17.4. The Morgan fingerprint density at radius 2 is 1.17 bits per heavy atom. The lowest BCUT2D eigenvalue weighted by molar-refractivity contribution is 0.659. The highest BCUT2D eigenvalue weighted by atomic mass is 15.1. The minimum atomic E-state index is -0.242. The molecule has 1 unspecified atom stereocenters. The van der Waals surface area contributed by atoms with Gasteiger partial charge in [-0.15, -0.1) is 0 Å². The van der Waals surface area contributed by atoms with Gasteiger partial charge in [-0.05, 0) is 184 Å². The molecule has 0 saturated heterocycles. The summed E-state index contributed by atoms with van der Waals surface area (Å²) in [5, 5.41) is 21.8. The standard InChI is InChI=1S/C57H45N3/c1-34-11-22-45(36(3)25-34)55(40-17-13-38(32-58)14-18-40)50-31-53-56(48-10-8-7-9-47(48)50)51-29-42-27-41-28-44(21-23-46(41)49(42)30-52(51)57(53,5)6)60(43-19-15-39(33-59)16-20-43)54-24-12-35(2)26-37(54)4/h7-26,28-31,55H,27H2,1-6H3. The first-order chi connectivity index (χ1) is 29.0. The first-order valence-corrected chi connectivity index (χ1v) is 20.9. The van der Waals surface area contributed by atoms with E-state index in [4.69, 9.17) is 0 Å². The van der Waals surface area contributed by atoms with Crippen LogP contribution in [-0.4, -0.2) is 0 Å². The van der Waals surface area contributed by atoms with Crippen LogP contribution in [0, 0.1) is 50.4 Å². The second kappa shape index (κ2) is 14.0. The Kier molecular flexibility index (Phi) is 8.64. The largest absolute Gasteiger partial charge is 0.310 e. The van der Waals surface area contributed by atoms with Crippen molar-refractivity contribution in [2.75, 3.05) is 4.90 Å². The lowest BCUT2D eigenvalue weighted by Crippen LogP contribution is -2.16. The van der Waals surface area contributed by atoms with Gasteiger partial charge in [0.05, 0.1) is 23.3 Å². The fourth-order valence-electron chi connectivity index (χ4n) is 10.3. The zero-order valence-corrected chi connectivity index (χ0v) is 35.0. The maximum Gasteiger partial charge on any atom is 0.0991 e. The molecule has 10 rings (SSSR count). The van der Waals surface area contributed by atoms with E-state index >= 15 is 0 Å². The Hall–Kier alpha value is -7.20. The smallest absolute Gasteiger partial charge is 0.0991 e. The van der Waals surface area contributed by atoms with E-state index in [1.807, 2.05) is 36.4 Å². The number of nitriles is 2.